The minimum absolute atomic E-state index is 0.334. The summed E-state index contributed by atoms with van der Waals surface area (Å²) in [6.45, 7) is 0. The zero-order valence-electron chi connectivity index (χ0n) is 10.0. The molecule has 0 amide bonds. The number of nitrogens with two attached hydrogens (primary N) is 1. The van der Waals surface area contributed by atoms with Crippen molar-refractivity contribution in [3.8, 4) is 11.5 Å². The largest absolute Gasteiger partial charge is 0.398 e. The molecule has 0 bridgehead atoms. The van der Waals surface area contributed by atoms with Gasteiger partial charge < -0.3 is 10.3 Å². The number of aromatic nitrogens is 2. The van der Waals surface area contributed by atoms with Crippen molar-refractivity contribution in [1.29, 1.82) is 0 Å². The smallest absolute Gasteiger partial charge is 0.260 e. The van der Waals surface area contributed by atoms with Gasteiger partial charge in [-0.25, -0.2) is 0 Å². The van der Waals surface area contributed by atoms with E-state index in [1.54, 1.807) is 0 Å². The molecule has 1 aromatic heterocycles. The average Bonchev–Trinajstić information content (AvgIpc) is 2.92. The lowest BCUT2D eigenvalue weighted by molar-refractivity contribution is 0.423. The SMILES string of the molecule is Nc1ccc(I)cc1-c1nc(C2CSCCS2)no1. The van der Waals surface area contributed by atoms with Crippen molar-refractivity contribution in [1.82, 2.24) is 10.1 Å². The maximum Gasteiger partial charge on any atom is 0.260 e. The Labute approximate surface area is 133 Å². The minimum Gasteiger partial charge on any atom is -0.398 e. The molecule has 100 valence electrons. The molecule has 0 radical (unpaired) electrons. The molecule has 1 atom stereocenters. The van der Waals surface area contributed by atoms with Crippen LogP contribution in [0.25, 0.3) is 11.5 Å². The van der Waals surface area contributed by atoms with Crippen molar-refractivity contribution in [3.63, 3.8) is 0 Å². The van der Waals surface area contributed by atoms with Crippen molar-refractivity contribution in [2.45, 2.75) is 5.25 Å². The number of nitrogen functional groups attached to an aromatic ring is 1. The Morgan fingerprint density at radius 3 is 3.05 bits per heavy atom. The van der Waals surface area contributed by atoms with Gasteiger partial charge in [0.1, 0.15) is 0 Å². The van der Waals surface area contributed by atoms with Gasteiger partial charge in [0, 0.05) is 26.5 Å². The Bertz CT molecular complexity index is 584. The molecule has 0 aliphatic carbocycles. The van der Waals surface area contributed by atoms with Gasteiger partial charge in [-0.05, 0) is 40.8 Å². The summed E-state index contributed by atoms with van der Waals surface area (Å²) in [5.74, 6) is 4.69. The molecule has 1 aliphatic heterocycles. The number of benzene rings is 1. The number of thioether (sulfide) groups is 2. The summed E-state index contributed by atoms with van der Waals surface area (Å²) in [7, 11) is 0. The molecule has 7 heteroatoms. The zero-order valence-corrected chi connectivity index (χ0v) is 13.8. The highest BCUT2D eigenvalue weighted by Gasteiger charge is 2.22. The number of hydrogen-bond donors (Lipinski definition) is 1. The molecule has 1 fully saturated rings. The molecule has 1 aromatic carbocycles. The highest BCUT2D eigenvalue weighted by atomic mass is 127. The molecular weight excluding hydrogens is 393 g/mol. The van der Waals surface area contributed by atoms with Gasteiger partial charge in [-0.3, -0.25) is 0 Å². The Morgan fingerprint density at radius 1 is 1.37 bits per heavy atom. The van der Waals surface area contributed by atoms with E-state index in [0.717, 1.165) is 26.5 Å². The number of anilines is 1. The molecule has 2 heterocycles. The molecule has 1 saturated heterocycles. The predicted octanol–water partition coefficient (Wildman–Crippen LogP) is 3.44. The van der Waals surface area contributed by atoms with E-state index in [1.807, 2.05) is 41.7 Å². The van der Waals surface area contributed by atoms with E-state index in [4.69, 9.17) is 10.3 Å². The lowest BCUT2D eigenvalue weighted by Crippen LogP contribution is -2.07. The van der Waals surface area contributed by atoms with Crippen LogP contribution in [-0.2, 0) is 0 Å². The normalized spacial score (nSPS) is 19.5. The summed E-state index contributed by atoms with van der Waals surface area (Å²) in [5, 5.41) is 4.44. The van der Waals surface area contributed by atoms with Crippen LogP contribution in [-0.4, -0.2) is 27.4 Å². The fourth-order valence-corrected chi connectivity index (χ4v) is 4.91. The summed E-state index contributed by atoms with van der Waals surface area (Å²) < 4.78 is 6.47. The summed E-state index contributed by atoms with van der Waals surface area (Å²) in [4.78, 5) is 4.51. The maximum absolute atomic E-state index is 5.97. The monoisotopic (exact) mass is 405 g/mol. The highest BCUT2D eigenvalue weighted by molar-refractivity contribution is 14.1. The molecule has 2 aromatic rings. The van der Waals surface area contributed by atoms with Crippen molar-refractivity contribution in [3.05, 3.63) is 27.6 Å². The lowest BCUT2D eigenvalue weighted by atomic mass is 10.2. The van der Waals surface area contributed by atoms with E-state index in [2.05, 4.69) is 32.7 Å². The first-order chi connectivity index (χ1) is 9.24. The van der Waals surface area contributed by atoms with E-state index in [0.29, 0.717) is 16.8 Å². The molecule has 0 spiro atoms. The predicted molar refractivity (Wildman–Crippen MR) is 89.4 cm³/mol. The zero-order chi connectivity index (χ0) is 13.2. The van der Waals surface area contributed by atoms with Crippen molar-refractivity contribution in [2.24, 2.45) is 0 Å². The number of halogens is 1. The van der Waals surface area contributed by atoms with Crippen LogP contribution in [0, 0.1) is 3.57 Å². The van der Waals surface area contributed by atoms with Gasteiger partial charge in [0.25, 0.3) is 5.89 Å². The third kappa shape index (κ3) is 3.03. The Hall–Kier alpha value is -0.410. The second-order valence-corrected chi connectivity index (χ2v) is 7.83. The Kier molecular flexibility index (Phi) is 4.23. The average molecular weight is 405 g/mol. The standard InChI is InChI=1S/C12H12IN3OS2/c13-7-1-2-9(14)8(5-7)12-15-11(16-17-12)10-6-18-3-4-19-10/h1-2,5,10H,3-4,6,14H2. The number of rotatable bonds is 2. The molecule has 3 rings (SSSR count). The topological polar surface area (TPSA) is 64.9 Å². The van der Waals surface area contributed by atoms with Crippen LogP contribution in [0.3, 0.4) is 0 Å². The molecule has 4 nitrogen and oxygen atoms in total. The Balaban J connectivity index is 1.89. The summed E-state index contributed by atoms with van der Waals surface area (Å²) in [6, 6.07) is 5.80. The molecule has 19 heavy (non-hydrogen) atoms. The molecule has 1 aliphatic rings. The molecule has 1 unspecified atom stereocenters. The van der Waals surface area contributed by atoms with Gasteiger partial charge in [-0.15, -0.1) is 11.8 Å². The quantitative estimate of drug-likeness (QED) is 0.610. The number of hydrogen-bond acceptors (Lipinski definition) is 6. The summed E-state index contributed by atoms with van der Waals surface area (Å²) in [6.07, 6.45) is 0. The van der Waals surface area contributed by atoms with Crippen LogP contribution in [0.4, 0.5) is 5.69 Å². The van der Waals surface area contributed by atoms with Crippen LogP contribution in [0.5, 0.6) is 0 Å². The van der Waals surface area contributed by atoms with Gasteiger partial charge in [0.05, 0.1) is 10.8 Å². The highest BCUT2D eigenvalue weighted by Crippen LogP contribution is 2.36. The van der Waals surface area contributed by atoms with E-state index < -0.39 is 0 Å². The molecule has 2 N–H and O–H groups in total. The second-order valence-electron chi connectivity index (χ2n) is 4.12. The van der Waals surface area contributed by atoms with E-state index in [9.17, 15) is 0 Å². The first kappa shape index (κ1) is 13.6. The first-order valence-corrected chi connectivity index (χ1v) is 9.10. The minimum atomic E-state index is 0.334. The van der Waals surface area contributed by atoms with Crippen LogP contribution in [0.15, 0.2) is 22.7 Å². The number of nitrogens with zero attached hydrogens (tertiary/aromatic N) is 2. The van der Waals surface area contributed by atoms with Crippen LogP contribution in [0.1, 0.15) is 11.1 Å². The van der Waals surface area contributed by atoms with Crippen LogP contribution < -0.4 is 5.73 Å². The fourth-order valence-electron chi connectivity index (χ4n) is 1.83. The maximum atomic E-state index is 5.97. The molecule has 0 saturated carbocycles. The van der Waals surface area contributed by atoms with E-state index in [-0.39, 0.29) is 0 Å². The van der Waals surface area contributed by atoms with Gasteiger partial charge in [0.15, 0.2) is 5.82 Å². The second kappa shape index (κ2) is 5.92. The fraction of sp³-hybridized carbons (Fsp3) is 0.333. The van der Waals surface area contributed by atoms with Gasteiger partial charge in [-0.1, -0.05) is 5.16 Å². The van der Waals surface area contributed by atoms with E-state index in [1.165, 1.54) is 5.75 Å². The third-order valence-corrected chi connectivity index (χ3v) is 6.21. The Morgan fingerprint density at radius 2 is 2.26 bits per heavy atom. The van der Waals surface area contributed by atoms with Crippen molar-refractivity contribution >= 4 is 51.8 Å². The van der Waals surface area contributed by atoms with Crippen molar-refractivity contribution in [2.75, 3.05) is 23.0 Å². The summed E-state index contributed by atoms with van der Waals surface area (Å²) >= 11 is 6.08. The first-order valence-electron chi connectivity index (χ1n) is 5.82. The van der Waals surface area contributed by atoms with E-state index >= 15 is 0 Å². The van der Waals surface area contributed by atoms with Crippen molar-refractivity contribution < 1.29 is 4.52 Å². The van der Waals surface area contributed by atoms with Gasteiger partial charge in [0.2, 0.25) is 0 Å². The third-order valence-electron chi connectivity index (χ3n) is 2.79. The summed E-state index contributed by atoms with van der Waals surface area (Å²) in [5.41, 5.74) is 7.46. The van der Waals surface area contributed by atoms with Gasteiger partial charge >= 0.3 is 0 Å². The van der Waals surface area contributed by atoms with Crippen LogP contribution >= 0.6 is 46.1 Å². The molecular formula is C12H12IN3OS2. The van der Waals surface area contributed by atoms with Gasteiger partial charge in [-0.2, -0.15) is 16.7 Å². The lowest BCUT2D eigenvalue weighted by Gasteiger charge is -2.16. The van der Waals surface area contributed by atoms with Crippen LogP contribution in [0.2, 0.25) is 0 Å².